The Kier molecular flexibility index (Phi) is 3.71. The van der Waals surface area contributed by atoms with Crippen LogP contribution in [0.1, 0.15) is 16.8 Å². The van der Waals surface area contributed by atoms with Crippen molar-refractivity contribution in [3.05, 3.63) is 29.8 Å². The fourth-order valence-electron chi connectivity index (χ4n) is 2.17. The number of aliphatic hydroxyl groups is 1. The molecule has 1 aromatic rings. The zero-order valence-corrected chi connectivity index (χ0v) is 10.4. The lowest BCUT2D eigenvalue weighted by Gasteiger charge is -2.21. The van der Waals surface area contributed by atoms with Crippen molar-refractivity contribution < 1.29 is 24.5 Å². The molecule has 19 heavy (non-hydrogen) atoms. The number of β-amino-alcohol motifs (C(OH)–C–C–N with tert-alkyl or cyclic N) is 1. The second kappa shape index (κ2) is 5.27. The molecule has 1 amide bonds. The van der Waals surface area contributed by atoms with Crippen LogP contribution >= 0.6 is 0 Å². The molecule has 2 rings (SSSR count). The molecule has 0 radical (unpaired) electrons. The molecule has 0 saturated carbocycles. The van der Waals surface area contributed by atoms with Gasteiger partial charge in [-0.15, -0.1) is 0 Å². The fourth-order valence-corrected chi connectivity index (χ4v) is 2.17. The van der Waals surface area contributed by atoms with E-state index in [0.29, 0.717) is 11.3 Å². The van der Waals surface area contributed by atoms with Gasteiger partial charge in [-0.05, 0) is 24.3 Å². The molecule has 1 aliphatic heterocycles. The van der Waals surface area contributed by atoms with Gasteiger partial charge in [0.1, 0.15) is 11.8 Å². The van der Waals surface area contributed by atoms with Crippen LogP contribution < -0.4 is 4.74 Å². The smallest absolute Gasteiger partial charge is 0.326 e. The summed E-state index contributed by atoms with van der Waals surface area (Å²) in [4.78, 5) is 24.5. The number of amides is 1. The summed E-state index contributed by atoms with van der Waals surface area (Å²) in [7, 11) is 1.52. The highest BCUT2D eigenvalue weighted by molar-refractivity contribution is 5.97. The van der Waals surface area contributed by atoms with Crippen molar-refractivity contribution in [1.82, 2.24) is 4.90 Å². The molecule has 1 heterocycles. The van der Waals surface area contributed by atoms with Gasteiger partial charge in [0.05, 0.1) is 13.2 Å². The van der Waals surface area contributed by atoms with Gasteiger partial charge in [0.25, 0.3) is 5.91 Å². The minimum absolute atomic E-state index is 0.0435. The Hall–Kier alpha value is -2.08. The minimum Gasteiger partial charge on any atom is -0.497 e. The van der Waals surface area contributed by atoms with Crippen LogP contribution in [0, 0.1) is 0 Å². The zero-order chi connectivity index (χ0) is 14.0. The van der Waals surface area contributed by atoms with Gasteiger partial charge in [-0.25, -0.2) is 4.79 Å². The highest BCUT2D eigenvalue weighted by Gasteiger charge is 2.39. The molecule has 2 atom stereocenters. The van der Waals surface area contributed by atoms with Gasteiger partial charge in [0.2, 0.25) is 0 Å². The minimum atomic E-state index is -1.10. The molecule has 0 aromatic heterocycles. The quantitative estimate of drug-likeness (QED) is 0.823. The van der Waals surface area contributed by atoms with Crippen molar-refractivity contribution in [3.8, 4) is 5.75 Å². The van der Waals surface area contributed by atoms with Crippen molar-refractivity contribution >= 4 is 11.9 Å². The van der Waals surface area contributed by atoms with E-state index in [-0.39, 0.29) is 13.0 Å². The number of likely N-dealkylation sites (tertiary alicyclic amines) is 1. The average Bonchev–Trinajstić information content (AvgIpc) is 2.80. The van der Waals surface area contributed by atoms with Crippen LogP contribution in [0.5, 0.6) is 5.75 Å². The van der Waals surface area contributed by atoms with Crippen LogP contribution in [0.15, 0.2) is 24.3 Å². The number of aliphatic hydroxyl groups excluding tert-OH is 1. The van der Waals surface area contributed by atoms with Crippen molar-refractivity contribution in [1.29, 1.82) is 0 Å². The van der Waals surface area contributed by atoms with Crippen LogP contribution in [0.3, 0.4) is 0 Å². The third-order valence-corrected chi connectivity index (χ3v) is 3.16. The predicted molar refractivity (Wildman–Crippen MR) is 66.1 cm³/mol. The third kappa shape index (κ3) is 2.68. The van der Waals surface area contributed by atoms with E-state index in [2.05, 4.69) is 0 Å². The first-order valence-corrected chi connectivity index (χ1v) is 5.89. The first-order chi connectivity index (χ1) is 9.02. The van der Waals surface area contributed by atoms with Crippen LogP contribution in [0.4, 0.5) is 0 Å². The van der Waals surface area contributed by atoms with Gasteiger partial charge in [-0.2, -0.15) is 0 Å². The number of nitrogens with zero attached hydrogens (tertiary/aromatic N) is 1. The van der Waals surface area contributed by atoms with E-state index >= 15 is 0 Å². The largest absolute Gasteiger partial charge is 0.497 e. The summed E-state index contributed by atoms with van der Waals surface area (Å²) in [6.45, 7) is 0.0435. The number of carbonyl (C=O) groups excluding carboxylic acids is 1. The number of hydrogen-bond donors (Lipinski definition) is 2. The molecule has 2 N–H and O–H groups in total. The molecule has 6 heteroatoms. The summed E-state index contributed by atoms with van der Waals surface area (Å²) >= 11 is 0. The van der Waals surface area contributed by atoms with Gasteiger partial charge < -0.3 is 19.8 Å². The molecule has 1 saturated heterocycles. The number of hydrogen-bond acceptors (Lipinski definition) is 4. The number of benzene rings is 1. The molecule has 1 fully saturated rings. The number of carbonyl (C=O) groups is 2. The normalized spacial score (nSPS) is 22.3. The summed E-state index contributed by atoms with van der Waals surface area (Å²) in [5.74, 6) is -0.877. The highest BCUT2D eigenvalue weighted by Crippen LogP contribution is 2.22. The van der Waals surface area contributed by atoms with Crippen molar-refractivity contribution in [2.24, 2.45) is 0 Å². The molecule has 0 aliphatic carbocycles. The summed E-state index contributed by atoms with van der Waals surface area (Å²) in [5.41, 5.74) is 0.376. The van der Waals surface area contributed by atoms with Crippen LogP contribution in [0.25, 0.3) is 0 Å². The van der Waals surface area contributed by atoms with E-state index < -0.39 is 24.0 Å². The predicted octanol–water partition coefficient (Wildman–Crippen LogP) is 0.355. The van der Waals surface area contributed by atoms with Crippen LogP contribution in [-0.2, 0) is 4.79 Å². The van der Waals surface area contributed by atoms with Gasteiger partial charge in [0.15, 0.2) is 0 Å². The van der Waals surface area contributed by atoms with E-state index in [0.717, 1.165) is 0 Å². The topological polar surface area (TPSA) is 87.1 Å². The maximum absolute atomic E-state index is 12.2. The monoisotopic (exact) mass is 265 g/mol. The van der Waals surface area contributed by atoms with E-state index in [1.165, 1.54) is 12.0 Å². The standard InChI is InChI=1S/C13H15NO5/c1-19-10-4-2-8(3-5-10)12(16)14-7-9(15)6-11(14)13(17)18/h2-5,9,11,15H,6-7H2,1H3,(H,17,18)/t9-,11-/m0/s1. The van der Waals surface area contributed by atoms with Gasteiger partial charge in [-0.3, -0.25) is 4.79 Å². The lowest BCUT2D eigenvalue weighted by molar-refractivity contribution is -0.141. The molecular weight excluding hydrogens is 250 g/mol. The maximum Gasteiger partial charge on any atom is 0.326 e. The van der Waals surface area contributed by atoms with E-state index in [1.807, 2.05) is 0 Å². The highest BCUT2D eigenvalue weighted by atomic mass is 16.5. The Labute approximate surface area is 110 Å². The summed E-state index contributed by atoms with van der Waals surface area (Å²) in [6, 6.07) is 5.45. The van der Waals surface area contributed by atoms with Gasteiger partial charge in [0, 0.05) is 18.5 Å². The summed E-state index contributed by atoms with van der Waals surface area (Å²) < 4.78 is 4.99. The number of carboxylic acid groups (broad SMARTS) is 1. The molecule has 1 aliphatic rings. The van der Waals surface area contributed by atoms with Crippen molar-refractivity contribution in [2.45, 2.75) is 18.6 Å². The van der Waals surface area contributed by atoms with Gasteiger partial charge >= 0.3 is 5.97 Å². The molecule has 1 aromatic carbocycles. The fraction of sp³-hybridized carbons (Fsp3) is 0.385. The zero-order valence-electron chi connectivity index (χ0n) is 10.4. The number of methoxy groups -OCH3 is 1. The second-order valence-corrected chi connectivity index (χ2v) is 4.43. The average molecular weight is 265 g/mol. The Morgan fingerprint density at radius 2 is 1.95 bits per heavy atom. The van der Waals surface area contributed by atoms with Crippen LogP contribution in [-0.4, -0.2) is 52.8 Å². The molecule has 102 valence electrons. The number of rotatable bonds is 3. The molecule has 0 spiro atoms. The van der Waals surface area contributed by atoms with Crippen molar-refractivity contribution in [3.63, 3.8) is 0 Å². The Balaban J connectivity index is 2.20. The Bertz CT molecular complexity index is 484. The van der Waals surface area contributed by atoms with E-state index in [4.69, 9.17) is 9.84 Å². The first-order valence-electron chi connectivity index (χ1n) is 5.89. The number of ether oxygens (including phenoxy) is 1. The van der Waals surface area contributed by atoms with E-state index in [9.17, 15) is 14.7 Å². The lowest BCUT2D eigenvalue weighted by atomic mass is 10.1. The number of aliphatic carboxylic acids is 1. The molecule has 0 unspecified atom stereocenters. The summed E-state index contributed by atoms with van der Waals surface area (Å²) in [5, 5.41) is 18.6. The van der Waals surface area contributed by atoms with Crippen LogP contribution in [0.2, 0.25) is 0 Å². The lowest BCUT2D eigenvalue weighted by Crippen LogP contribution is -2.40. The van der Waals surface area contributed by atoms with Crippen molar-refractivity contribution in [2.75, 3.05) is 13.7 Å². The summed E-state index contributed by atoms with van der Waals surface area (Å²) in [6.07, 6.45) is -0.722. The molecule has 6 nitrogen and oxygen atoms in total. The number of carboxylic acids is 1. The maximum atomic E-state index is 12.2. The van der Waals surface area contributed by atoms with E-state index in [1.54, 1.807) is 24.3 Å². The third-order valence-electron chi connectivity index (χ3n) is 3.16. The molecular formula is C13H15NO5. The molecule has 0 bridgehead atoms. The Morgan fingerprint density at radius 1 is 1.32 bits per heavy atom. The SMILES string of the molecule is COc1ccc(C(=O)N2C[C@@H](O)C[C@H]2C(=O)O)cc1. The van der Waals surface area contributed by atoms with Gasteiger partial charge in [-0.1, -0.05) is 0 Å². The second-order valence-electron chi connectivity index (χ2n) is 4.43. The Morgan fingerprint density at radius 3 is 2.47 bits per heavy atom. The first kappa shape index (κ1) is 13.4.